The molecule has 4 heteroatoms. The van der Waals surface area contributed by atoms with Gasteiger partial charge in [-0.1, -0.05) is 30.3 Å². The maximum atomic E-state index is 11.5. The fourth-order valence-corrected chi connectivity index (χ4v) is 2.38. The first-order valence-corrected chi connectivity index (χ1v) is 6.92. The van der Waals surface area contributed by atoms with E-state index in [1.165, 1.54) is 0 Å². The quantitative estimate of drug-likeness (QED) is 0.828. The number of rotatable bonds is 5. The van der Waals surface area contributed by atoms with Crippen LogP contribution < -0.4 is 11.5 Å². The average molecular weight is 283 g/mol. The van der Waals surface area contributed by atoms with Gasteiger partial charge < -0.3 is 11.5 Å². The molecule has 0 saturated heterocycles. The molecule has 0 heterocycles. The van der Waals surface area contributed by atoms with Crippen molar-refractivity contribution < 1.29 is 4.79 Å². The van der Waals surface area contributed by atoms with E-state index < -0.39 is 5.91 Å². The van der Waals surface area contributed by atoms with Gasteiger partial charge in [0.2, 0.25) is 5.91 Å². The van der Waals surface area contributed by atoms with E-state index in [0.29, 0.717) is 12.1 Å². The number of hydrogen-bond donors (Lipinski definition) is 2. The van der Waals surface area contributed by atoms with Gasteiger partial charge >= 0.3 is 0 Å². The van der Waals surface area contributed by atoms with Crippen molar-refractivity contribution in [2.24, 2.45) is 5.73 Å². The van der Waals surface area contributed by atoms with Crippen LogP contribution in [-0.2, 0) is 6.54 Å². The predicted octanol–water partition coefficient (Wildman–Crippen LogP) is 2.56. The molecule has 0 bridgehead atoms. The predicted molar refractivity (Wildman–Crippen MR) is 85.7 cm³/mol. The summed E-state index contributed by atoms with van der Waals surface area (Å²) in [5.41, 5.74) is 14.7. The first-order valence-electron chi connectivity index (χ1n) is 6.92. The molecule has 0 aliphatic rings. The number of nitrogen functional groups attached to an aromatic ring is 1. The number of anilines is 1. The Hall–Kier alpha value is -2.33. The number of nitrogens with two attached hydrogens (primary N) is 2. The molecule has 4 nitrogen and oxygen atoms in total. The summed E-state index contributed by atoms with van der Waals surface area (Å²) in [6.45, 7) is 2.76. The van der Waals surface area contributed by atoms with Gasteiger partial charge in [-0.2, -0.15) is 0 Å². The summed E-state index contributed by atoms with van der Waals surface area (Å²) in [6, 6.07) is 15.5. The lowest BCUT2D eigenvalue weighted by molar-refractivity contribution is 0.0998. The molecule has 2 rings (SSSR count). The Morgan fingerprint density at radius 3 is 2.57 bits per heavy atom. The van der Waals surface area contributed by atoms with E-state index in [9.17, 15) is 4.79 Å². The third-order valence-electron chi connectivity index (χ3n) is 3.76. The zero-order chi connectivity index (χ0) is 15.4. The minimum absolute atomic E-state index is 0.189. The van der Waals surface area contributed by atoms with E-state index >= 15 is 0 Å². The van der Waals surface area contributed by atoms with E-state index in [2.05, 4.69) is 17.9 Å². The second-order valence-corrected chi connectivity index (χ2v) is 5.28. The van der Waals surface area contributed by atoms with Gasteiger partial charge in [0.05, 0.1) is 0 Å². The van der Waals surface area contributed by atoms with Crippen LogP contribution in [0.3, 0.4) is 0 Å². The molecule has 0 radical (unpaired) electrons. The number of nitrogens with zero attached hydrogens (tertiary/aromatic N) is 1. The van der Waals surface area contributed by atoms with Crippen LogP contribution in [0.1, 0.15) is 34.5 Å². The van der Waals surface area contributed by atoms with Crippen molar-refractivity contribution in [1.29, 1.82) is 0 Å². The molecule has 1 unspecified atom stereocenters. The number of hydrogen-bond acceptors (Lipinski definition) is 3. The Labute approximate surface area is 125 Å². The fraction of sp³-hybridized carbons (Fsp3) is 0.235. The summed E-state index contributed by atoms with van der Waals surface area (Å²) in [4.78, 5) is 13.6. The van der Waals surface area contributed by atoms with Gasteiger partial charge in [-0.3, -0.25) is 9.69 Å². The first kappa shape index (κ1) is 15.1. The number of carbonyl (C=O) groups is 1. The summed E-state index contributed by atoms with van der Waals surface area (Å²) in [5.74, 6) is -0.393. The normalized spacial score (nSPS) is 12.3. The maximum absolute atomic E-state index is 11.5. The second-order valence-electron chi connectivity index (χ2n) is 5.28. The standard InChI is InChI=1S/C17H21N3O/c1-12(13-7-5-8-15(18)10-13)20(2)11-14-6-3-4-9-16(14)17(19)21/h3-10,12H,11,18H2,1-2H3,(H2,19,21). The second kappa shape index (κ2) is 6.41. The molecule has 1 atom stereocenters. The Morgan fingerprint density at radius 1 is 1.19 bits per heavy atom. The molecule has 0 aromatic heterocycles. The molecule has 0 saturated carbocycles. The Kier molecular flexibility index (Phi) is 4.60. The van der Waals surface area contributed by atoms with Crippen molar-refractivity contribution in [2.45, 2.75) is 19.5 Å². The molecular formula is C17H21N3O. The average Bonchev–Trinajstić information content (AvgIpc) is 2.46. The van der Waals surface area contributed by atoms with Crippen LogP contribution in [0.4, 0.5) is 5.69 Å². The van der Waals surface area contributed by atoms with Gasteiger partial charge in [-0.05, 0) is 43.3 Å². The minimum atomic E-state index is -0.393. The molecule has 2 aromatic carbocycles. The lowest BCUT2D eigenvalue weighted by Crippen LogP contribution is -2.24. The van der Waals surface area contributed by atoms with Gasteiger partial charge in [0.1, 0.15) is 0 Å². The minimum Gasteiger partial charge on any atom is -0.399 e. The van der Waals surface area contributed by atoms with Gasteiger partial charge in [-0.25, -0.2) is 0 Å². The fourth-order valence-electron chi connectivity index (χ4n) is 2.38. The smallest absolute Gasteiger partial charge is 0.249 e. The third-order valence-corrected chi connectivity index (χ3v) is 3.76. The number of benzene rings is 2. The number of primary amides is 1. The number of amides is 1. The van der Waals surface area contributed by atoms with Gasteiger partial charge in [0, 0.05) is 23.8 Å². The topological polar surface area (TPSA) is 72.3 Å². The third kappa shape index (κ3) is 3.61. The summed E-state index contributed by atoms with van der Waals surface area (Å²) in [6.07, 6.45) is 0. The Bertz CT molecular complexity index is 639. The highest BCUT2D eigenvalue weighted by molar-refractivity contribution is 5.94. The van der Waals surface area contributed by atoms with Crippen molar-refractivity contribution in [2.75, 3.05) is 12.8 Å². The zero-order valence-corrected chi connectivity index (χ0v) is 12.4. The van der Waals surface area contributed by atoms with Crippen molar-refractivity contribution in [3.63, 3.8) is 0 Å². The molecule has 0 spiro atoms. The van der Waals surface area contributed by atoms with Crippen LogP contribution >= 0.6 is 0 Å². The summed E-state index contributed by atoms with van der Waals surface area (Å²) in [7, 11) is 2.02. The summed E-state index contributed by atoms with van der Waals surface area (Å²) in [5, 5.41) is 0. The van der Waals surface area contributed by atoms with Crippen LogP contribution in [-0.4, -0.2) is 17.9 Å². The van der Waals surface area contributed by atoms with Crippen molar-refractivity contribution in [1.82, 2.24) is 4.90 Å². The highest BCUT2D eigenvalue weighted by Gasteiger charge is 2.15. The van der Waals surface area contributed by atoms with Crippen molar-refractivity contribution >= 4 is 11.6 Å². The van der Waals surface area contributed by atoms with Crippen LogP contribution in [0.25, 0.3) is 0 Å². The molecule has 0 aliphatic heterocycles. The lowest BCUT2D eigenvalue weighted by Gasteiger charge is -2.26. The van der Waals surface area contributed by atoms with E-state index in [1.807, 2.05) is 43.4 Å². The van der Waals surface area contributed by atoms with Gasteiger partial charge in [-0.15, -0.1) is 0 Å². The molecule has 0 aliphatic carbocycles. The van der Waals surface area contributed by atoms with Gasteiger partial charge in [0.15, 0.2) is 0 Å². The highest BCUT2D eigenvalue weighted by atomic mass is 16.1. The largest absolute Gasteiger partial charge is 0.399 e. The Balaban J connectivity index is 2.18. The van der Waals surface area contributed by atoms with E-state index in [0.717, 1.165) is 16.8 Å². The zero-order valence-electron chi connectivity index (χ0n) is 12.4. The SMILES string of the molecule is CC(c1cccc(N)c1)N(C)Cc1ccccc1C(N)=O. The van der Waals surface area contributed by atoms with Gasteiger partial charge in [0.25, 0.3) is 0 Å². The Morgan fingerprint density at radius 2 is 1.90 bits per heavy atom. The van der Waals surface area contributed by atoms with Crippen LogP contribution in [0, 0.1) is 0 Å². The molecular weight excluding hydrogens is 262 g/mol. The van der Waals surface area contributed by atoms with Crippen LogP contribution in [0.15, 0.2) is 48.5 Å². The van der Waals surface area contributed by atoms with E-state index in [-0.39, 0.29) is 6.04 Å². The molecule has 1 amide bonds. The molecule has 110 valence electrons. The van der Waals surface area contributed by atoms with Crippen LogP contribution in [0.5, 0.6) is 0 Å². The van der Waals surface area contributed by atoms with Crippen molar-refractivity contribution in [3.8, 4) is 0 Å². The monoisotopic (exact) mass is 283 g/mol. The molecule has 2 aromatic rings. The van der Waals surface area contributed by atoms with E-state index in [4.69, 9.17) is 11.5 Å². The first-order chi connectivity index (χ1) is 9.99. The van der Waals surface area contributed by atoms with Crippen molar-refractivity contribution in [3.05, 3.63) is 65.2 Å². The van der Waals surface area contributed by atoms with E-state index in [1.54, 1.807) is 6.07 Å². The summed E-state index contributed by atoms with van der Waals surface area (Å²) >= 11 is 0. The molecule has 21 heavy (non-hydrogen) atoms. The highest BCUT2D eigenvalue weighted by Crippen LogP contribution is 2.23. The maximum Gasteiger partial charge on any atom is 0.249 e. The molecule has 4 N–H and O–H groups in total. The number of carbonyl (C=O) groups excluding carboxylic acids is 1. The summed E-state index contributed by atoms with van der Waals surface area (Å²) < 4.78 is 0. The molecule has 0 fully saturated rings. The van der Waals surface area contributed by atoms with Crippen LogP contribution in [0.2, 0.25) is 0 Å². The lowest BCUT2D eigenvalue weighted by atomic mass is 10.0.